The van der Waals surface area contributed by atoms with Crippen molar-refractivity contribution in [1.82, 2.24) is 9.55 Å². The van der Waals surface area contributed by atoms with E-state index in [9.17, 15) is 0 Å². The topological polar surface area (TPSA) is 17.8 Å². The van der Waals surface area contributed by atoms with Gasteiger partial charge in [-0.15, -0.1) is 0 Å². The van der Waals surface area contributed by atoms with E-state index in [1.165, 1.54) is 12.4 Å². The molecule has 13 heavy (non-hydrogen) atoms. The normalized spacial score (nSPS) is 35.8. The fraction of sp³-hybridized carbons (Fsp3) is 0.727. The second kappa shape index (κ2) is 1.99. The van der Waals surface area contributed by atoms with Crippen LogP contribution in [0, 0.1) is 17.3 Å². The number of fused-ring (bicyclic) bond motifs is 3. The average molecular weight is 176 g/mol. The number of imidazole rings is 1. The minimum atomic E-state index is 0.465. The van der Waals surface area contributed by atoms with Crippen molar-refractivity contribution in [2.24, 2.45) is 17.3 Å². The largest absolute Gasteiger partial charge is 0.334 e. The summed E-state index contributed by atoms with van der Waals surface area (Å²) in [6.07, 6.45) is 4.05. The van der Waals surface area contributed by atoms with E-state index in [-0.39, 0.29) is 0 Å². The third kappa shape index (κ3) is 0.862. The molecule has 2 aliphatic rings. The van der Waals surface area contributed by atoms with Crippen LogP contribution in [-0.4, -0.2) is 9.55 Å². The van der Waals surface area contributed by atoms with Gasteiger partial charge in [0.05, 0.1) is 0 Å². The van der Waals surface area contributed by atoms with Gasteiger partial charge in [0.2, 0.25) is 0 Å². The molecular formula is C11H16N2. The van der Waals surface area contributed by atoms with E-state index >= 15 is 0 Å². The van der Waals surface area contributed by atoms with Crippen LogP contribution in [0.1, 0.15) is 32.5 Å². The molecule has 2 nitrogen and oxygen atoms in total. The van der Waals surface area contributed by atoms with Crippen LogP contribution in [-0.2, 0) is 6.54 Å². The van der Waals surface area contributed by atoms with Crippen LogP contribution >= 0.6 is 0 Å². The number of hydrogen-bond donors (Lipinski definition) is 0. The Labute approximate surface area is 79.0 Å². The molecule has 1 aliphatic heterocycles. The van der Waals surface area contributed by atoms with E-state index in [0.29, 0.717) is 5.41 Å². The van der Waals surface area contributed by atoms with E-state index in [2.05, 4.69) is 36.5 Å². The molecule has 1 aliphatic carbocycles. The number of aromatic nitrogens is 2. The van der Waals surface area contributed by atoms with Gasteiger partial charge in [0, 0.05) is 24.9 Å². The van der Waals surface area contributed by atoms with Crippen LogP contribution in [0.3, 0.4) is 0 Å². The molecule has 1 aromatic rings. The van der Waals surface area contributed by atoms with Crippen LogP contribution in [0.5, 0.6) is 0 Å². The standard InChI is InChI=1S/C11H16N2/c1-11(2,3)9-7-6-13-5-4-12-10(13)8(7)9/h4-5,7-9H,6H2,1-3H3/t7-,8?,9-/m0/s1. The minimum Gasteiger partial charge on any atom is -0.334 e. The van der Waals surface area contributed by atoms with Gasteiger partial charge in [-0.25, -0.2) is 4.98 Å². The van der Waals surface area contributed by atoms with Crippen molar-refractivity contribution in [1.29, 1.82) is 0 Å². The van der Waals surface area contributed by atoms with E-state index in [0.717, 1.165) is 17.8 Å². The molecular weight excluding hydrogens is 160 g/mol. The van der Waals surface area contributed by atoms with Crippen molar-refractivity contribution >= 4 is 0 Å². The van der Waals surface area contributed by atoms with Gasteiger partial charge in [-0.1, -0.05) is 20.8 Å². The predicted molar refractivity (Wildman–Crippen MR) is 51.4 cm³/mol. The quantitative estimate of drug-likeness (QED) is 0.593. The summed E-state index contributed by atoms with van der Waals surface area (Å²) in [6.45, 7) is 8.26. The summed E-state index contributed by atoms with van der Waals surface area (Å²) in [7, 11) is 0. The summed E-state index contributed by atoms with van der Waals surface area (Å²) in [5.74, 6) is 3.88. The first kappa shape index (κ1) is 7.60. The smallest absolute Gasteiger partial charge is 0.112 e. The van der Waals surface area contributed by atoms with Gasteiger partial charge in [-0.05, 0) is 17.3 Å². The zero-order valence-corrected chi connectivity index (χ0v) is 8.49. The molecule has 0 bridgehead atoms. The highest BCUT2D eigenvalue weighted by molar-refractivity contribution is 5.24. The van der Waals surface area contributed by atoms with Gasteiger partial charge in [0.15, 0.2) is 0 Å². The Kier molecular flexibility index (Phi) is 1.17. The fourth-order valence-corrected chi connectivity index (χ4v) is 3.13. The zero-order chi connectivity index (χ0) is 9.22. The monoisotopic (exact) mass is 176 g/mol. The molecule has 2 heteroatoms. The summed E-state index contributed by atoms with van der Waals surface area (Å²) in [4.78, 5) is 4.45. The lowest BCUT2D eigenvalue weighted by Gasteiger charge is -2.20. The Morgan fingerprint density at radius 1 is 1.46 bits per heavy atom. The summed E-state index contributed by atoms with van der Waals surface area (Å²) in [6, 6.07) is 0. The summed E-state index contributed by atoms with van der Waals surface area (Å²) in [5, 5.41) is 0. The molecule has 1 saturated carbocycles. The van der Waals surface area contributed by atoms with Crippen LogP contribution in [0.15, 0.2) is 12.4 Å². The van der Waals surface area contributed by atoms with Crippen LogP contribution < -0.4 is 0 Å². The van der Waals surface area contributed by atoms with Crippen LogP contribution in [0.25, 0.3) is 0 Å². The Morgan fingerprint density at radius 2 is 2.23 bits per heavy atom. The van der Waals surface area contributed by atoms with Gasteiger partial charge in [0.1, 0.15) is 5.82 Å². The average Bonchev–Trinajstić information content (AvgIpc) is 2.39. The Bertz CT molecular complexity index is 345. The maximum Gasteiger partial charge on any atom is 0.112 e. The molecule has 1 unspecified atom stereocenters. The molecule has 1 fully saturated rings. The molecule has 0 aromatic carbocycles. The van der Waals surface area contributed by atoms with Crippen LogP contribution in [0.4, 0.5) is 0 Å². The molecule has 2 heterocycles. The lowest BCUT2D eigenvalue weighted by Crippen LogP contribution is -2.14. The van der Waals surface area contributed by atoms with Gasteiger partial charge < -0.3 is 4.57 Å². The predicted octanol–water partition coefficient (Wildman–Crippen LogP) is 2.27. The van der Waals surface area contributed by atoms with Crippen molar-refractivity contribution < 1.29 is 0 Å². The zero-order valence-electron chi connectivity index (χ0n) is 8.49. The van der Waals surface area contributed by atoms with Crippen LogP contribution in [0.2, 0.25) is 0 Å². The lowest BCUT2D eigenvalue weighted by atomic mass is 9.87. The summed E-state index contributed by atoms with van der Waals surface area (Å²) < 4.78 is 2.32. The van der Waals surface area contributed by atoms with Gasteiger partial charge in [-0.2, -0.15) is 0 Å². The summed E-state index contributed by atoms with van der Waals surface area (Å²) in [5.41, 5.74) is 0.465. The Balaban J connectivity index is 1.93. The van der Waals surface area contributed by atoms with Crippen molar-refractivity contribution in [3.05, 3.63) is 18.2 Å². The molecule has 0 N–H and O–H groups in total. The number of rotatable bonds is 0. The summed E-state index contributed by atoms with van der Waals surface area (Å²) >= 11 is 0. The van der Waals surface area contributed by atoms with Gasteiger partial charge >= 0.3 is 0 Å². The van der Waals surface area contributed by atoms with E-state index in [4.69, 9.17) is 0 Å². The number of hydrogen-bond acceptors (Lipinski definition) is 1. The first-order chi connectivity index (χ1) is 6.09. The first-order valence-corrected chi connectivity index (χ1v) is 5.10. The highest BCUT2D eigenvalue weighted by Gasteiger charge is 2.61. The van der Waals surface area contributed by atoms with Crippen molar-refractivity contribution in [2.75, 3.05) is 0 Å². The molecule has 0 spiro atoms. The number of nitrogens with zero attached hydrogens (tertiary/aromatic N) is 2. The third-order valence-electron chi connectivity index (χ3n) is 3.62. The van der Waals surface area contributed by atoms with Gasteiger partial charge in [0.25, 0.3) is 0 Å². The maximum atomic E-state index is 4.45. The Hall–Kier alpha value is -0.790. The molecule has 0 saturated heterocycles. The SMILES string of the molecule is CC(C)(C)[C@@H]1C2c3nccn3C[C@@H]21. The minimum absolute atomic E-state index is 0.465. The van der Waals surface area contributed by atoms with Gasteiger partial charge in [-0.3, -0.25) is 0 Å². The molecule has 0 radical (unpaired) electrons. The van der Waals surface area contributed by atoms with Crippen molar-refractivity contribution in [3.63, 3.8) is 0 Å². The fourth-order valence-electron chi connectivity index (χ4n) is 3.13. The molecule has 3 rings (SSSR count). The van der Waals surface area contributed by atoms with Crippen molar-refractivity contribution in [3.8, 4) is 0 Å². The van der Waals surface area contributed by atoms with Crippen molar-refractivity contribution in [2.45, 2.75) is 33.2 Å². The van der Waals surface area contributed by atoms with E-state index in [1.54, 1.807) is 0 Å². The second-order valence-corrected chi connectivity index (χ2v) is 5.52. The lowest BCUT2D eigenvalue weighted by molar-refractivity contribution is 0.308. The highest BCUT2D eigenvalue weighted by Crippen LogP contribution is 2.65. The highest BCUT2D eigenvalue weighted by atomic mass is 15.1. The molecule has 0 amide bonds. The van der Waals surface area contributed by atoms with E-state index in [1.807, 2.05) is 6.20 Å². The Morgan fingerprint density at radius 3 is 2.92 bits per heavy atom. The molecule has 70 valence electrons. The maximum absolute atomic E-state index is 4.45. The second-order valence-electron chi connectivity index (χ2n) is 5.52. The first-order valence-electron chi connectivity index (χ1n) is 5.10. The molecule has 1 aromatic heterocycles. The molecule has 3 atom stereocenters. The van der Waals surface area contributed by atoms with E-state index < -0.39 is 0 Å². The third-order valence-corrected chi connectivity index (χ3v) is 3.62.